The van der Waals surface area contributed by atoms with Crippen molar-refractivity contribution in [3.8, 4) is 0 Å². The van der Waals surface area contributed by atoms with Crippen LogP contribution in [0.3, 0.4) is 0 Å². The average Bonchev–Trinajstić information content (AvgIpc) is 2.72. The fraction of sp³-hybridized carbons (Fsp3) is 1.00. The molecule has 1 heterocycles. The van der Waals surface area contributed by atoms with E-state index in [1.54, 1.807) is 0 Å². The van der Waals surface area contributed by atoms with Gasteiger partial charge in [-0.3, -0.25) is 4.90 Å². The highest BCUT2D eigenvalue weighted by atomic mass is 15.3. The molecule has 1 aliphatic carbocycles. The largest absolute Gasteiger partial charge is 0.329 e. The summed E-state index contributed by atoms with van der Waals surface area (Å²) in [4.78, 5) is 5.18. The molecular formula is C13H27N3. The van der Waals surface area contributed by atoms with E-state index in [1.807, 2.05) is 0 Å². The molecule has 1 saturated heterocycles. The second kappa shape index (κ2) is 5.48. The minimum atomic E-state index is 0.561. The highest BCUT2D eigenvalue weighted by Crippen LogP contribution is 2.26. The Balaban J connectivity index is 2.00. The maximum Gasteiger partial charge on any atom is 0.0342 e. The zero-order valence-electron chi connectivity index (χ0n) is 10.9. The number of likely N-dealkylation sites (N-methyl/N-ethyl adjacent to an activating group) is 1. The molecule has 94 valence electrons. The lowest BCUT2D eigenvalue weighted by Crippen LogP contribution is -2.46. The number of nitrogens with two attached hydrogens (primary N) is 1. The van der Waals surface area contributed by atoms with E-state index >= 15 is 0 Å². The molecule has 0 radical (unpaired) electrons. The maximum atomic E-state index is 5.90. The lowest BCUT2D eigenvalue weighted by atomic mass is 10.1. The Labute approximate surface area is 100.0 Å². The molecular weight excluding hydrogens is 198 g/mol. The summed E-state index contributed by atoms with van der Waals surface area (Å²) in [6, 6.07) is 1.41. The summed E-state index contributed by atoms with van der Waals surface area (Å²) in [5.41, 5.74) is 5.90. The Morgan fingerprint density at radius 1 is 1.12 bits per heavy atom. The van der Waals surface area contributed by atoms with Crippen molar-refractivity contribution in [3.63, 3.8) is 0 Å². The first-order valence-corrected chi connectivity index (χ1v) is 6.85. The fourth-order valence-electron chi connectivity index (χ4n) is 3.41. The zero-order valence-corrected chi connectivity index (χ0v) is 10.9. The normalized spacial score (nSPS) is 35.4. The van der Waals surface area contributed by atoms with Gasteiger partial charge in [0.2, 0.25) is 0 Å². The van der Waals surface area contributed by atoms with Gasteiger partial charge in [-0.2, -0.15) is 0 Å². The lowest BCUT2D eigenvalue weighted by Gasteiger charge is -2.31. The van der Waals surface area contributed by atoms with E-state index in [0.29, 0.717) is 6.04 Å². The Morgan fingerprint density at radius 3 is 2.44 bits per heavy atom. The molecule has 2 N–H and O–H groups in total. The van der Waals surface area contributed by atoms with Crippen LogP contribution in [0.2, 0.25) is 0 Å². The SMILES string of the molecule is CC1CN(C)C(CN)CN(C2CCCC2)C1. The third kappa shape index (κ3) is 2.76. The molecule has 0 aromatic carbocycles. The first kappa shape index (κ1) is 12.3. The Hall–Kier alpha value is -0.120. The van der Waals surface area contributed by atoms with Crippen molar-refractivity contribution < 1.29 is 0 Å². The minimum Gasteiger partial charge on any atom is -0.329 e. The molecule has 1 saturated carbocycles. The summed E-state index contributed by atoms with van der Waals surface area (Å²) in [6.45, 7) is 6.82. The van der Waals surface area contributed by atoms with E-state index in [4.69, 9.17) is 5.73 Å². The van der Waals surface area contributed by atoms with Crippen LogP contribution in [0, 0.1) is 5.92 Å². The summed E-state index contributed by atoms with van der Waals surface area (Å²) < 4.78 is 0. The summed E-state index contributed by atoms with van der Waals surface area (Å²) in [6.07, 6.45) is 5.68. The molecule has 0 amide bonds. The van der Waals surface area contributed by atoms with Gasteiger partial charge in [-0.25, -0.2) is 0 Å². The van der Waals surface area contributed by atoms with E-state index in [-0.39, 0.29) is 0 Å². The lowest BCUT2D eigenvalue weighted by molar-refractivity contribution is 0.166. The van der Waals surface area contributed by atoms with E-state index in [0.717, 1.165) is 18.5 Å². The third-order valence-electron chi connectivity index (χ3n) is 4.33. The molecule has 2 rings (SSSR count). The maximum absolute atomic E-state index is 5.90. The van der Waals surface area contributed by atoms with Crippen LogP contribution in [-0.4, -0.2) is 55.1 Å². The molecule has 0 spiro atoms. The van der Waals surface area contributed by atoms with E-state index in [2.05, 4.69) is 23.8 Å². The predicted molar refractivity (Wildman–Crippen MR) is 68.5 cm³/mol. The molecule has 2 aliphatic rings. The zero-order chi connectivity index (χ0) is 11.5. The van der Waals surface area contributed by atoms with Crippen molar-refractivity contribution in [3.05, 3.63) is 0 Å². The van der Waals surface area contributed by atoms with Gasteiger partial charge in [0.05, 0.1) is 0 Å². The summed E-state index contributed by atoms with van der Waals surface area (Å²) >= 11 is 0. The minimum absolute atomic E-state index is 0.561. The van der Waals surface area contributed by atoms with Crippen LogP contribution in [0.1, 0.15) is 32.6 Å². The molecule has 2 unspecified atom stereocenters. The highest BCUT2D eigenvalue weighted by Gasteiger charge is 2.30. The van der Waals surface area contributed by atoms with Crippen LogP contribution in [0.4, 0.5) is 0 Å². The van der Waals surface area contributed by atoms with Gasteiger partial charge in [-0.15, -0.1) is 0 Å². The van der Waals surface area contributed by atoms with Crippen LogP contribution in [0.25, 0.3) is 0 Å². The smallest absolute Gasteiger partial charge is 0.0342 e. The van der Waals surface area contributed by atoms with Gasteiger partial charge in [0.25, 0.3) is 0 Å². The van der Waals surface area contributed by atoms with Gasteiger partial charge in [-0.05, 0) is 25.8 Å². The Kier molecular flexibility index (Phi) is 4.22. The topological polar surface area (TPSA) is 32.5 Å². The van der Waals surface area contributed by atoms with Gasteiger partial charge in [-0.1, -0.05) is 19.8 Å². The standard InChI is InChI=1S/C13H27N3/c1-11-8-15(2)13(7-14)10-16(9-11)12-5-3-4-6-12/h11-13H,3-10,14H2,1-2H3. The summed E-state index contributed by atoms with van der Waals surface area (Å²) in [5.74, 6) is 0.780. The van der Waals surface area contributed by atoms with E-state index in [9.17, 15) is 0 Å². The monoisotopic (exact) mass is 225 g/mol. The number of hydrogen-bond donors (Lipinski definition) is 1. The van der Waals surface area contributed by atoms with Crippen molar-refractivity contribution in [1.82, 2.24) is 9.80 Å². The second-order valence-electron chi connectivity index (χ2n) is 5.83. The second-order valence-corrected chi connectivity index (χ2v) is 5.83. The first-order chi connectivity index (χ1) is 7.70. The third-order valence-corrected chi connectivity index (χ3v) is 4.33. The van der Waals surface area contributed by atoms with E-state index in [1.165, 1.54) is 45.3 Å². The molecule has 0 bridgehead atoms. The number of nitrogens with zero attached hydrogens (tertiary/aromatic N) is 2. The Bertz CT molecular complexity index is 213. The summed E-state index contributed by atoms with van der Waals surface area (Å²) in [5, 5.41) is 0. The van der Waals surface area contributed by atoms with Crippen molar-refractivity contribution in [2.75, 3.05) is 33.2 Å². The molecule has 3 heteroatoms. The number of hydrogen-bond acceptors (Lipinski definition) is 3. The molecule has 2 fully saturated rings. The summed E-state index contributed by atoms with van der Waals surface area (Å²) in [7, 11) is 2.23. The molecule has 3 nitrogen and oxygen atoms in total. The van der Waals surface area contributed by atoms with Crippen LogP contribution in [-0.2, 0) is 0 Å². The molecule has 0 aromatic rings. The fourth-order valence-corrected chi connectivity index (χ4v) is 3.41. The van der Waals surface area contributed by atoms with Crippen molar-refractivity contribution in [1.29, 1.82) is 0 Å². The molecule has 0 aromatic heterocycles. The van der Waals surface area contributed by atoms with Crippen LogP contribution >= 0.6 is 0 Å². The predicted octanol–water partition coefficient (Wildman–Crippen LogP) is 1.14. The molecule has 2 atom stereocenters. The number of rotatable bonds is 2. The van der Waals surface area contributed by atoms with Gasteiger partial charge >= 0.3 is 0 Å². The van der Waals surface area contributed by atoms with Crippen molar-refractivity contribution in [2.45, 2.75) is 44.7 Å². The Morgan fingerprint density at radius 2 is 1.81 bits per heavy atom. The van der Waals surface area contributed by atoms with Crippen LogP contribution < -0.4 is 5.73 Å². The molecule has 1 aliphatic heterocycles. The van der Waals surface area contributed by atoms with Crippen molar-refractivity contribution in [2.24, 2.45) is 11.7 Å². The quantitative estimate of drug-likeness (QED) is 0.765. The molecule has 16 heavy (non-hydrogen) atoms. The van der Waals surface area contributed by atoms with Crippen molar-refractivity contribution >= 4 is 0 Å². The highest BCUT2D eigenvalue weighted by molar-refractivity contribution is 4.86. The van der Waals surface area contributed by atoms with Crippen LogP contribution in [0.15, 0.2) is 0 Å². The van der Waals surface area contributed by atoms with Gasteiger partial charge in [0.15, 0.2) is 0 Å². The first-order valence-electron chi connectivity index (χ1n) is 6.85. The van der Waals surface area contributed by atoms with Crippen LogP contribution in [0.5, 0.6) is 0 Å². The van der Waals surface area contributed by atoms with Gasteiger partial charge < -0.3 is 10.6 Å². The van der Waals surface area contributed by atoms with Gasteiger partial charge in [0, 0.05) is 38.3 Å². The van der Waals surface area contributed by atoms with Gasteiger partial charge in [0.1, 0.15) is 0 Å². The van der Waals surface area contributed by atoms with E-state index < -0.39 is 0 Å². The average molecular weight is 225 g/mol.